The average molecular weight is 1450 g/mol. The molecular weight excluding hydrogens is 1360 g/mol. The van der Waals surface area contributed by atoms with E-state index < -0.39 is 71.2 Å². The van der Waals surface area contributed by atoms with Gasteiger partial charge in [0.15, 0.2) is 0 Å². The van der Waals surface area contributed by atoms with Crippen molar-refractivity contribution in [1.29, 1.82) is 0 Å². The molecule has 109 heavy (non-hydrogen) atoms. The standard InChI is InChI=1S/C92H89N9O8/c1-5-99(6-2)68-45-49-74-81(58-68)109-82-59-69(100(7-3)8-4)46-50-75(82)92(74)73-40-25-24-39-72(73)91(108)101(92)52-51-93-86(103)76(53-60-27-14-9-15-28-60)95-88(105)78(55-62-31-18-11-19-32-62)97-90(107)80(57-64-35-22-13-23-36-64)98-89(106)79(56-63-33-20-12-21-34-63)96-87(104)77(54-61-29-16-10-17-30-61)94-85(102)71-48-44-67-42-41-65-37-26-38-66-43-47-70(71)84(67)83(65)66/h9-50,58-59,76-80H,5-8,51-57H2,1-4H3,(H,93,103)(H,94,102)(H,95,105)(H,96,104)(H,97,107)(H,98,106). The van der Waals surface area contributed by atoms with Crippen LogP contribution >= 0.6 is 0 Å². The first-order chi connectivity index (χ1) is 53.2. The molecule has 12 aromatic carbocycles. The Morgan fingerprint density at radius 3 is 1.17 bits per heavy atom. The third kappa shape index (κ3) is 15.5. The number of amides is 7. The van der Waals surface area contributed by atoms with Crippen molar-refractivity contribution in [2.45, 2.75) is 95.5 Å². The van der Waals surface area contributed by atoms with Crippen molar-refractivity contribution < 1.29 is 38.3 Å². The van der Waals surface area contributed by atoms with E-state index in [0.29, 0.717) is 39.3 Å². The average Bonchev–Trinajstić information content (AvgIpc) is 1.56. The van der Waals surface area contributed by atoms with Crippen LogP contribution in [0.5, 0.6) is 11.5 Å². The lowest BCUT2D eigenvalue weighted by molar-refractivity contribution is -0.134. The molecule has 0 bridgehead atoms. The second kappa shape index (κ2) is 33.0. The SMILES string of the molecule is CCN(CC)c1ccc2c(c1)Oc1cc(N(CC)CC)ccc1C21c2ccccc2C(=O)N1CCNC(=O)C(Cc1ccccc1)NC(=O)C(Cc1ccccc1)NC(=O)C(Cc1ccccc1)NC(=O)C(Cc1ccccc1)NC(=O)C(Cc1ccccc1)NC(=O)c1ccc2ccc3cccc4ccc1c2c34. The summed E-state index contributed by atoms with van der Waals surface area (Å²) < 4.78 is 6.96. The molecule has 0 fully saturated rings. The molecule has 12 aromatic rings. The molecule has 550 valence electrons. The van der Waals surface area contributed by atoms with Crippen LogP contribution in [0.25, 0.3) is 32.3 Å². The number of hydrogen-bond donors (Lipinski definition) is 6. The summed E-state index contributed by atoms with van der Waals surface area (Å²) >= 11 is 0. The highest BCUT2D eigenvalue weighted by Gasteiger charge is 2.56. The van der Waals surface area contributed by atoms with Gasteiger partial charge in [-0.15, -0.1) is 0 Å². The van der Waals surface area contributed by atoms with E-state index in [9.17, 15) is 4.79 Å². The van der Waals surface area contributed by atoms with E-state index in [1.54, 1.807) is 6.07 Å². The minimum atomic E-state index is -1.33. The van der Waals surface area contributed by atoms with Crippen molar-refractivity contribution in [3.05, 3.63) is 323 Å². The lowest BCUT2D eigenvalue weighted by atomic mass is 9.74. The number of rotatable bonds is 30. The van der Waals surface area contributed by atoms with Crippen LogP contribution < -0.4 is 46.4 Å². The van der Waals surface area contributed by atoms with Crippen molar-refractivity contribution in [3.8, 4) is 11.5 Å². The van der Waals surface area contributed by atoms with Gasteiger partial charge in [0.25, 0.3) is 11.8 Å². The van der Waals surface area contributed by atoms with E-state index in [4.69, 9.17) is 4.74 Å². The third-order valence-corrected chi connectivity index (χ3v) is 21.4. The second-order valence-corrected chi connectivity index (χ2v) is 28.0. The molecular formula is C92H89N9O8. The first-order valence-electron chi connectivity index (χ1n) is 37.8. The van der Waals surface area contributed by atoms with E-state index in [-0.39, 0.29) is 51.1 Å². The molecule has 14 rings (SSSR count). The summed E-state index contributed by atoms with van der Waals surface area (Å²) in [6.07, 6.45) is 0.0915. The number of hydrogen-bond acceptors (Lipinski definition) is 10. The van der Waals surface area contributed by atoms with Crippen molar-refractivity contribution in [1.82, 2.24) is 36.8 Å². The quantitative estimate of drug-likeness (QED) is 0.0235. The van der Waals surface area contributed by atoms with Gasteiger partial charge in [-0.2, -0.15) is 0 Å². The summed E-state index contributed by atoms with van der Waals surface area (Å²) in [4.78, 5) is 113. The highest BCUT2D eigenvalue weighted by molar-refractivity contribution is 6.26. The summed E-state index contributed by atoms with van der Waals surface area (Å²) in [6.45, 7) is 11.6. The monoisotopic (exact) mass is 1450 g/mol. The fourth-order valence-electron chi connectivity index (χ4n) is 15.9. The Bertz CT molecular complexity index is 5190. The fraction of sp³-hybridized carbons (Fsp3) is 0.228. The highest BCUT2D eigenvalue weighted by atomic mass is 16.5. The van der Waals surface area contributed by atoms with Gasteiger partial charge in [-0.25, -0.2) is 0 Å². The summed E-state index contributed by atoms with van der Waals surface area (Å²) in [7, 11) is 0. The van der Waals surface area contributed by atoms with Crippen molar-refractivity contribution in [3.63, 3.8) is 0 Å². The Labute approximate surface area is 635 Å². The number of fused-ring (bicyclic) bond motifs is 6. The Morgan fingerprint density at radius 1 is 0.376 bits per heavy atom. The number of anilines is 2. The minimum absolute atomic E-state index is 0.00129. The van der Waals surface area contributed by atoms with E-state index in [2.05, 4.69) is 112 Å². The van der Waals surface area contributed by atoms with Gasteiger partial charge in [0.2, 0.25) is 29.5 Å². The lowest BCUT2D eigenvalue weighted by Crippen LogP contribution is -2.60. The van der Waals surface area contributed by atoms with Crippen LogP contribution in [-0.4, -0.2) is 116 Å². The normalized spacial score (nSPS) is 13.9. The second-order valence-electron chi connectivity index (χ2n) is 28.0. The molecule has 1 spiro atoms. The number of ether oxygens (including phenoxy) is 1. The van der Waals surface area contributed by atoms with Crippen molar-refractivity contribution in [2.75, 3.05) is 49.1 Å². The van der Waals surface area contributed by atoms with E-state index >= 15 is 28.8 Å². The molecule has 0 radical (unpaired) electrons. The fourth-order valence-corrected chi connectivity index (χ4v) is 15.9. The van der Waals surface area contributed by atoms with E-state index in [1.165, 1.54) is 0 Å². The molecule has 2 aliphatic rings. The zero-order chi connectivity index (χ0) is 75.5. The van der Waals surface area contributed by atoms with Gasteiger partial charge in [-0.05, 0) is 118 Å². The Balaban J connectivity index is 0.740. The molecule has 0 aromatic heterocycles. The largest absolute Gasteiger partial charge is 0.456 e. The number of nitrogens with one attached hydrogen (secondary N) is 6. The Morgan fingerprint density at radius 2 is 0.743 bits per heavy atom. The number of carbonyl (C=O) groups excluding carboxylic acids is 7. The van der Waals surface area contributed by atoms with Crippen LogP contribution in [0, 0.1) is 0 Å². The molecule has 2 heterocycles. The van der Waals surface area contributed by atoms with Gasteiger partial charge in [0.05, 0.1) is 0 Å². The zero-order valence-electron chi connectivity index (χ0n) is 61.7. The predicted octanol–water partition coefficient (Wildman–Crippen LogP) is 13.2. The first-order valence-corrected chi connectivity index (χ1v) is 37.8. The topological polar surface area (TPSA) is 211 Å². The lowest BCUT2D eigenvalue weighted by Gasteiger charge is -2.45. The van der Waals surface area contributed by atoms with Gasteiger partial charge in [-0.1, -0.05) is 231 Å². The van der Waals surface area contributed by atoms with Gasteiger partial charge < -0.3 is 51.3 Å². The molecule has 0 saturated carbocycles. The van der Waals surface area contributed by atoms with Gasteiger partial charge in [0.1, 0.15) is 47.2 Å². The first kappa shape index (κ1) is 73.3. The predicted molar refractivity (Wildman–Crippen MR) is 430 cm³/mol. The molecule has 5 unspecified atom stereocenters. The summed E-state index contributed by atoms with van der Waals surface area (Å²) in [5, 5.41) is 24.1. The van der Waals surface area contributed by atoms with Gasteiger partial charge in [0, 0.05) is 117 Å². The number of benzene rings is 12. The molecule has 17 heteroatoms. The van der Waals surface area contributed by atoms with E-state index in [0.717, 1.165) is 97.7 Å². The molecule has 0 saturated heterocycles. The molecule has 2 aliphatic heterocycles. The van der Waals surface area contributed by atoms with Crippen LogP contribution in [0.2, 0.25) is 0 Å². The molecule has 0 aliphatic carbocycles. The number of nitrogens with zero attached hydrogens (tertiary/aromatic N) is 3. The van der Waals surface area contributed by atoms with Gasteiger partial charge >= 0.3 is 0 Å². The van der Waals surface area contributed by atoms with Crippen molar-refractivity contribution >= 4 is 85.0 Å². The van der Waals surface area contributed by atoms with Crippen LogP contribution in [-0.2, 0) is 61.6 Å². The molecule has 6 N–H and O–H groups in total. The zero-order valence-corrected chi connectivity index (χ0v) is 61.7. The van der Waals surface area contributed by atoms with Crippen LogP contribution in [0.4, 0.5) is 11.4 Å². The summed E-state index contributed by atoms with van der Waals surface area (Å²) in [5.74, 6) is -2.70. The van der Waals surface area contributed by atoms with Crippen LogP contribution in [0.1, 0.15) is 92.9 Å². The summed E-state index contributed by atoms with van der Waals surface area (Å²) in [6, 6.07) is 77.8. The van der Waals surface area contributed by atoms with Crippen molar-refractivity contribution in [2.24, 2.45) is 0 Å². The number of carbonyl (C=O) groups is 7. The van der Waals surface area contributed by atoms with Crippen LogP contribution in [0.3, 0.4) is 0 Å². The van der Waals surface area contributed by atoms with E-state index in [1.807, 2.05) is 223 Å². The summed E-state index contributed by atoms with van der Waals surface area (Å²) in [5.41, 5.74) is 7.66. The maximum absolute atomic E-state index is 15.5. The van der Waals surface area contributed by atoms with Crippen LogP contribution in [0.15, 0.2) is 267 Å². The minimum Gasteiger partial charge on any atom is -0.456 e. The maximum atomic E-state index is 15.5. The smallest absolute Gasteiger partial charge is 0.255 e. The molecule has 5 atom stereocenters. The Kier molecular flexibility index (Phi) is 22.2. The maximum Gasteiger partial charge on any atom is 0.255 e. The molecule has 7 amide bonds. The highest BCUT2D eigenvalue weighted by Crippen LogP contribution is 2.58. The molecule has 17 nitrogen and oxygen atoms in total. The third-order valence-electron chi connectivity index (χ3n) is 21.4. The van der Waals surface area contributed by atoms with Gasteiger partial charge in [-0.3, -0.25) is 33.6 Å². The Hall–Kier alpha value is -12.6.